The largest absolute Gasteiger partial charge is 0.466 e. The van der Waals surface area contributed by atoms with Crippen molar-refractivity contribution in [3.63, 3.8) is 0 Å². The third-order valence-electron chi connectivity index (χ3n) is 3.58. The van der Waals surface area contributed by atoms with Gasteiger partial charge in [-0.25, -0.2) is 0 Å². The van der Waals surface area contributed by atoms with Crippen molar-refractivity contribution < 1.29 is 19.4 Å². The SMILES string of the molecule is C=C1CO[C@@H]2CCC[C@@H](C(=O)OCC)[C@]12O. The van der Waals surface area contributed by atoms with Gasteiger partial charge in [0.05, 0.1) is 25.2 Å². The molecule has 1 saturated heterocycles. The number of hydrogen-bond acceptors (Lipinski definition) is 4. The fourth-order valence-electron chi connectivity index (χ4n) is 2.71. The zero-order valence-corrected chi connectivity index (χ0v) is 9.57. The number of aliphatic hydroxyl groups is 1. The first-order chi connectivity index (χ1) is 7.60. The standard InChI is InChI=1S/C12H18O4/c1-3-15-11(13)9-5-4-6-10-12(9,14)8(2)7-16-10/h9-10,14H,2-7H2,1H3/t9-,10+,12+/m0/s1. The Kier molecular flexibility index (Phi) is 3.04. The normalized spacial score (nSPS) is 38.2. The number of esters is 1. The summed E-state index contributed by atoms with van der Waals surface area (Å²) in [7, 11) is 0. The Hall–Kier alpha value is -0.870. The van der Waals surface area contributed by atoms with Crippen LogP contribution in [0.5, 0.6) is 0 Å². The van der Waals surface area contributed by atoms with Crippen LogP contribution in [-0.2, 0) is 14.3 Å². The smallest absolute Gasteiger partial charge is 0.312 e. The lowest BCUT2D eigenvalue weighted by Gasteiger charge is -2.39. The van der Waals surface area contributed by atoms with E-state index in [4.69, 9.17) is 9.47 Å². The molecule has 4 nitrogen and oxygen atoms in total. The van der Waals surface area contributed by atoms with Gasteiger partial charge in [0.2, 0.25) is 0 Å². The van der Waals surface area contributed by atoms with Crippen LogP contribution < -0.4 is 0 Å². The van der Waals surface area contributed by atoms with Gasteiger partial charge in [-0.15, -0.1) is 0 Å². The molecular formula is C12H18O4. The lowest BCUT2D eigenvalue weighted by atomic mass is 9.71. The van der Waals surface area contributed by atoms with E-state index in [2.05, 4.69) is 6.58 Å². The number of ether oxygens (including phenoxy) is 2. The number of fused-ring (bicyclic) bond motifs is 1. The van der Waals surface area contributed by atoms with Gasteiger partial charge in [0.15, 0.2) is 0 Å². The second-order valence-corrected chi connectivity index (χ2v) is 4.46. The number of rotatable bonds is 2. The lowest BCUT2D eigenvalue weighted by Crippen LogP contribution is -2.52. The van der Waals surface area contributed by atoms with Crippen LogP contribution in [0.3, 0.4) is 0 Å². The molecule has 1 aliphatic carbocycles. The van der Waals surface area contributed by atoms with Gasteiger partial charge in [-0.1, -0.05) is 6.58 Å². The Morgan fingerprint density at radius 3 is 3.12 bits per heavy atom. The van der Waals surface area contributed by atoms with Crippen molar-refractivity contribution in [2.45, 2.75) is 37.9 Å². The molecule has 0 unspecified atom stereocenters. The van der Waals surface area contributed by atoms with Gasteiger partial charge in [-0.2, -0.15) is 0 Å². The van der Waals surface area contributed by atoms with Crippen molar-refractivity contribution in [3.05, 3.63) is 12.2 Å². The van der Waals surface area contributed by atoms with Crippen LogP contribution >= 0.6 is 0 Å². The number of carbonyl (C=O) groups is 1. The zero-order chi connectivity index (χ0) is 11.8. The van der Waals surface area contributed by atoms with Crippen LogP contribution in [0.25, 0.3) is 0 Å². The summed E-state index contributed by atoms with van der Waals surface area (Å²) >= 11 is 0. The molecule has 2 rings (SSSR count). The summed E-state index contributed by atoms with van der Waals surface area (Å²) in [5.41, 5.74) is -0.597. The van der Waals surface area contributed by atoms with Crippen molar-refractivity contribution >= 4 is 5.97 Å². The Morgan fingerprint density at radius 1 is 1.69 bits per heavy atom. The van der Waals surface area contributed by atoms with Gasteiger partial charge in [0.25, 0.3) is 0 Å². The molecule has 2 fully saturated rings. The zero-order valence-electron chi connectivity index (χ0n) is 9.57. The van der Waals surface area contributed by atoms with Crippen molar-refractivity contribution in [1.82, 2.24) is 0 Å². The minimum absolute atomic E-state index is 0.289. The molecule has 0 aromatic heterocycles. The van der Waals surface area contributed by atoms with Crippen molar-refractivity contribution in [2.24, 2.45) is 5.92 Å². The average Bonchev–Trinajstić information content (AvgIpc) is 2.55. The highest BCUT2D eigenvalue weighted by Gasteiger charge is 2.56. The average molecular weight is 226 g/mol. The topological polar surface area (TPSA) is 55.8 Å². The summed E-state index contributed by atoms with van der Waals surface area (Å²) in [6.07, 6.45) is 2.02. The third kappa shape index (κ3) is 1.57. The Bertz CT molecular complexity index is 312. The molecule has 3 atom stereocenters. The molecule has 4 heteroatoms. The molecule has 1 aliphatic heterocycles. The first kappa shape index (κ1) is 11.6. The van der Waals surface area contributed by atoms with Crippen molar-refractivity contribution in [1.29, 1.82) is 0 Å². The molecule has 90 valence electrons. The molecule has 0 bridgehead atoms. The molecule has 0 spiro atoms. The minimum atomic E-state index is -1.20. The first-order valence-corrected chi connectivity index (χ1v) is 5.79. The molecule has 16 heavy (non-hydrogen) atoms. The van der Waals surface area contributed by atoms with Gasteiger partial charge in [-0.05, 0) is 31.8 Å². The maximum atomic E-state index is 11.8. The number of carbonyl (C=O) groups excluding carboxylic acids is 1. The summed E-state index contributed by atoms with van der Waals surface area (Å²) in [4.78, 5) is 11.8. The van der Waals surface area contributed by atoms with E-state index >= 15 is 0 Å². The van der Waals surface area contributed by atoms with Crippen LogP contribution in [-0.4, -0.2) is 36.0 Å². The van der Waals surface area contributed by atoms with Crippen LogP contribution in [0.4, 0.5) is 0 Å². The molecular weight excluding hydrogens is 208 g/mol. The van der Waals surface area contributed by atoms with E-state index in [0.717, 1.165) is 12.8 Å². The number of hydrogen-bond donors (Lipinski definition) is 1. The molecule has 2 aliphatic rings. The minimum Gasteiger partial charge on any atom is -0.466 e. The lowest BCUT2D eigenvalue weighted by molar-refractivity contribution is -0.165. The van der Waals surface area contributed by atoms with Crippen molar-refractivity contribution in [2.75, 3.05) is 13.2 Å². The molecule has 1 N–H and O–H groups in total. The van der Waals surface area contributed by atoms with Crippen LogP contribution in [0.1, 0.15) is 26.2 Å². The highest BCUT2D eigenvalue weighted by Crippen LogP contribution is 2.45. The molecule has 1 heterocycles. The molecule has 0 aromatic carbocycles. The van der Waals surface area contributed by atoms with Gasteiger partial charge in [0, 0.05) is 0 Å². The van der Waals surface area contributed by atoms with E-state index in [1.807, 2.05) is 0 Å². The summed E-state index contributed by atoms with van der Waals surface area (Å²) in [6, 6.07) is 0. The Labute approximate surface area is 95.2 Å². The monoisotopic (exact) mass is 226 g/mol. The predicted molar refractivity (Wildman–Crippen MR) is 57.8 cm³/mol. The van der Waals surface area contributed by atoms with Gasteiger partial charge >= 0.3 is 5.97 Å². The predicted octanol–water partition coefficient (Wildman–Crippen LogP) is 1.04. The summed E-state index contributed by atoms with van der Waals surface area (Å²) in [6.45, 7) is 6.27. The van der Waals surface area contributed by atoms with E-state index in [-0.39, 0.29) is 12.1 Å². The van der Waals surface area contributed by atoms with Crippen LogP contribution in [0.2, 0.25) is 0 Å². The second-order valence-electron chi connectivity index (χ2n) is 4.46. The fourth-order valence-corrected chi connectivity index (χ4v) is 2.71. The van der Waals surface area contributed by atoms with E-state index in [1.54, 1.807) is 6.92 Å². The summed E-state index contributed by atoms with van der Waals surface area (Å²) < 4.78 is 10.5. The van der Waals surface area contributed by atoms with Gasteiger partial charge in [0.1, 0.15) is 5.60 Å². The van der Waals surface area contributed by atoms with Gasteiger partial charge < -0.3 is 14.6 Å². The maximum Gasteiger partial charge on any atom is 0.312 e. The van der Waals surface area contributed by atoms with E-state index in [0.29, 0.717) is 25.2 Å². The van der Waals surface area contributed by atoms with Crippen LogP contribution in [0, 0.1) is 5.92 Å². The van der Waals surface area contributed by atoms with E-state index in [9.17, 15) is 9.90 Å². The van der Waals surface area contributed by atoms with Crippen LogP contribution in [0.15, 0.2) is 12.2 Å². The molecule has 0 radical (unpaired) electrons. The maximum absolute atomic E-state index is 11.8. The second kappa shape index (κ2) is 4.18. The summed E-state index contributed by atoms with van der Waals surface area (Å²) in [5, 5.41) is 10.6. The molecule has 0 aromatic rings. The summed E-state index contributed by atoms with van der Waals surface area (Å²) in [5.74, 6) is -0.845. The van der Waals surface area contributed by atoms with E-state index < -0.39 is 11.5 Å². The highest BCUT2D eigenvalue weighted by atomic mass is 16.5. The van der Waals surface area contributed by atoms with Crippen molar-refractivity contribution in [3.8, 4) is 0 Å². The Morgan fingerprint density at radius 2 is 2.44 bits per heavy atom. The Balaban J connectivity index is 2.23. The molecule has 0 amide bonds. The third-order valence-corrected chi connectivity index (χ3v) is 3.58. The fraction of sp³-hybridized carbons (Fsp3) is 0.750. The quantitative estimate of drug-likeness (QED) is 0.564. The molecule has 1 saturated carbocycles. The van der Waals surface area contributed by atoms with E-state index in [1.165, 1.54) is 0 Å². The van der Waals surface area contributed by atoms with Gasteiger partial charge in [-0.3, -0.25) is 4.79 Å². The first-order valence-electron chi connectivity index (χ1n) is 5.79. The highest BCUT2D eigenvalue weighted by molar-refractivity contribution is 5.75.